The predicted molar refractivity (Wildman–Crippen MR) is 84.4 cm³/mol. The van der Waals surface area contributed by atoms with Crippen LogP contribution in [0.1, 0.15) is 52.4 Å². The average molecular weight is 286 g/mol. The van der Waals surface area contributed by atoms with Crippen molar-refractivity contribution in [3.63, 3.8) is 0 Å². The molecule has 1 unspecified atom stereocenters. The number of fused-ring (bicyclic) bond motifs is 5. The van der Waals surface area contributed by atoms with Gasteiger partial charge in [-0.2, -0.15) is 0 Å². The molecular weight excluding hydrogens is 258 g/mol. The molecule has 21 heavy (non-hydrogen) atoms. The predicted octanol–water partition coefficient (Wildman–Crippen LogP) is 3.83. The molecule has 0 spiro atoms. The van der Waals surface area contributed by atoms with Crippen LogP contribution in [0.2, 0.25) is 0 Å². The van der Waals surface area contributed by atoms with Gasteiger partial charge in [0.25, 0.3) is 0 Å². The van der Waals surface area contributed by atoms with Crippen molar-refractivity contribution in [2.45, 2.75) is 58.4 Å². The summed E-state index contributed by atoms with van der Waals surface area (Å²) in [7, 11) is 2.01. The third kappa shape index (κ3) is 1.74. The van der Waals surface area contributed by atoms with E-state index in [1.807, 2.05) is 18.0 Å². The molecule has 1 radical (unpaired) electrons. The number of likely N-dealkylation sites (N-methyl/N-ethyl adjacent to an activating group) is 1. The first kappa shape index (κ1) is 13.8. The average Bonchev–Trinajstić information content (AvgIpc) is 2.85. The molecule has 115 valence electrons. The van der Waals surface area contributed by atoms with E-state index >= 15 is 0 Å². The Hall–Kier alpha value is -0.790. The van der Waals surface area contributed by atoms with Crippen LogP contribution < -0.4 is 0 Å². The molecule has 3 aliphatic carbocycles. The van der Waals surface area contributed by atoms with E-state index in [0.29, 0.717) is 11.5 Å². The molecule has 4 rings (SSSR count). The van der Waals surface area contributed by atoms with Gasteiger partial charge in [-0.15, -0.1) is 0 Å². The summed E-state index contributed by atoms with van der Waals surface area (Å²) in [6.45, 7) is 4.93. The van der Waals surface area contributed by atoms with Gasteiger partial charge in [-0.1, -0.05) is 19.9 Å². The maximum Gasteiger partial charge on any atom is 0.246 e. The Kier molecular flexibility index (Phi) is 2.88. The molecule has 0 saturated heterocycles. The number of hydrogen-bond acceptors (Lipinski definition) is 1. The highest BCUT2D eigenvalue weighted by atomic mass is 16.2. The Bertz CT molecular complexity index is 498. The van der Waals surface area contributed by atoms with Crippen LogP contribution in [0.25, 0.3) is 0 Å². The summed E-state index contributed by atoms with van der Waals surface area (Å²) < 4.78 is 0. The molecule has 2 nitrogen and oxygen atoms in total. The van der Waals surface area contributed by atoms with Gasteiger partial charge in [-0.25, -0.2) is 0 Å². The monoisotopic (exact) mass is 286 g/mol. The second kappa shape index (κ2) is 4.36. The molecule has 1 aliphatic heterocycles. The summed E-state index contributed by atoms with van der Waals surface area (Å²) in [4.78, 5) is 14.0. The lowest BCUT2D eigenvalue weighted by Gasteiger charge is -2.59. The van der Waals surface area contributed by atoms with Crippen LogP contribution in [-0.4, -0.2) is 23.9 Å². The molecule has 0 aromatic carbocycles. The van der Waals surface area contributed by atoms with E-state index < -0.39 is 0 Å². The number of rotatable bonds is 0. The molecule has 2 heteroatoms. The molecule has 6 atom stereocenters. The van der Waals surface area contributed by atoms with Crippen molar-refractivity contribution in [3.8, 4) is 0 Å². The summed E-state index contributed by atoms with van der Waals surface area (Å²) in [5.41, 5.74) is 0.708. The zero-order chi connectivity index (χ0) is 14.8. The van der Waals surface area contributed by atoms with Gasteiger partial charge in [0.1, 0.15) is 0 Å². The number of amides is 1. The molecule has 0 bridgehead atoms. The summed E-state index contributed by atoms with van der Waals surface area (Å²) in [6, 6.07) is 0.422. The minimum Gasteiger partial charge on any atom is -0.338 e. The van der Waals surface area contributed by atoms with Crippen molar-refractivity contribution in [2.75, 3.05) is 7.05 Å². The Morgan fingerprint density at radius 1 is 1.14 bits per heavy atom. The van der Waals surface area contributed by atoms with Crippen LogP contribution in [-0.2, 0) is 4.79 Å². The van der Waals surface area contributed by atoms with Gasteiger partial charge in [0.15, 0.2) is 0 Å². The van der Waals surface area contributed by atoms with Crippen LogP contribution in [0.15, 0.2) is 12.2 Å². The van der Waals surface area contributed by atoms with Crippen molar-refractivity contribution >= 4 is 5.91 Å². The number of hydrogen-bond donors (Lipinski definition) is 0. The van der Waals surface area contributed by atoms with Crippen molar-refractivity contribution in [2.24, 2.45) is 28.6 Å². The van der Waals surface area contributed by atoms with Crippen LogP contribution in [0.5, 0.6) is 0 Å². The fraction of sp³-hybridized carbons (Fsp3) is 0.789. The van der Waals surface area contributed by atoms with Gasteiger partial charge < -0.3 is 4.90 Å². The minimum atomic E-state index is 0.200. The third-order valence-electron chi connectivity index (χ3n) is 7.65. The Labute approximate surface area is 129 Å². The van der Waals surface area contributed by atoms with Crippen molar-refractivity contribution in [1.82, 2.24) is 4.90 Å². The highest BCUT2D eigenvalue weighted by Gasteiger charge is 2.58. The van der Waals surface area contributed by atoms with Gasteiger partial charge in [0.05, 0.1) is 0 Å². The van der Waals surface area contributed by atoms with Gasteiger partial charge >= 0.3 is 0 Å². The zero-order valence-electron chi connectivity index (χ0n) is 13.6. The normalized spacial score (nSPS) is 52.3. The highest BCUT2D eigenvalue weighted by Crippen LogP contribution is 2.63. The van der Waals surface area contributed by atoms with Crippen molar-refractivity contribution < 1.29 is 4.79 Å². The minimum absolute atomic E-state index is 0.200. The first-order valence-electron chi connectivity index (χ1n) is 8.76. The zero-order valence-corrected chi connectivity index (χ0v) is 13.6. The first-order valence-corrected chi connectivity index (χ1v) is 8.76. The summed E-state index contributed by atoms with van der Waals surface area (Å²) in [5, 5.41) is 0. The van der Waals surface area contributed by atoms with Crippen molar-refractivity contribution in [3.05, 3.63) is 18.6 Å². The smallest absolute Gasteiger partial charge is 0.246 e. The summed E-state index contributed by atoms with van der Waals surface area (Å²) in [5.74, 6) is 2.73. The van der Waals surface area contributed by atoms with Gasteiger partial charge in [0, 0.05) is 18.5 Å². The van der Waals surface area contributed by atoms with E-state index in [9.17, 15) is 4.79 Å². The van der Waals surface area contributed by atoms with Crippen LogP contribution >= 0.6 is 0 Å². The molecule has 1 heterocycles. The van der Waals surface area contributed by atoms with E-state index in [2.05, 4.69) is 26.3 Å². The van der Waals surface area contributed by atoms with Gasteiger partial charge in [-0.05, 0) is 74.2 Å². The quantitative estimate of drug-likeness (QED) is 0.663. The molecule has 0 N–H and O–H groups in total. The third-order valence-corrected chi connectivity index (χ3v) is 7.65. The van der Waals surface area contributed by atoms with Gasteiger partial charge in [0.2, 0.25) is 5.91 Å². The second-order valence-electron chi connectivity index (χ2n) is 8.44. The standard InChI is InChI=1S/C19H28NO/c1-18-10-4-5-14(18)13-6-7-16-19(2,15(13)8-11-18)12-9-17(21)20(16)3/h9-10,12-16H,4-8,11H2,1-3H3/t13-,14-,15+,16?,18-,19+/m0/s1. The second-order valence-corrected chi connectivity index (χ2v) is 8.44. The SMILES string of the molecule is CN1C(=O)C=C[C@@]2(C)C1CC[C@@H]1[C@H]2CC[C@]2(C)[CH]CC[C@@H]12. The maximum absolute atomic E-state index is 12.0. The molecule has 3 fully saturated rings. The molecule has 4 aliphatic rings. The lowest BCUT2D eigenvalue weighted by Crippen LogP contribution is -2.59. The molecule has 0 aromatic rings. The maximum atomic E-state index is 12.0. The highest BCUT2D eigenvalue weighted by molar-refractivity contribution is 5.89. The van der Waals surface area contributed by atoms with E-state index in [4.69, 9.17) is 0 Å². The Balaban J connectivity index is 1.70. The molecule has 1 amide bonds. The molecule has 0 aromatic heterocycles. The Morgan fingerprint density at radius 2 is 1.95 bits per heavy atom. The number of carbonyl (C=O) groups is 1. The van der Waals surface area contributed by atoms with Crippen molar-refractivity contribution in [1.29, 1.82) is 0 Å². The van der Waals surface area contributed by atoms with Crippen LogP contribution in [0.3, 0.4) is 0 Å². The van der Waals surface area contributed by atoms with Crippen LogP contribution in [0.4, 0.5) is 0 Å². The lowest BCUT2D eigenvalue weighted by molar-refractivity contribution is -0.137. The first-order chi connectivity index (χ1) is 9.96. The Morgan fingerprint density at radius 3 is 2.76 bits per heavy atom. The van der Waals surface area contributed by atoms with Crippen LogP contribution in [0, 0.1) is 35.0 Å². The van der Waals surface area contributed by atoms with E-state index in [1.54, 1.807) is 0 Å². The molecule has 3 saturated carbocycles. The summed E-state index contributed by atoms with van der Waals surface area (Å²) in [6.07, 6.45) is 14.7. The fourth-order valence-corrected chi connectivity index (χ4v) is 6.48. The van der Waals surface area contributed by atoms with E-state index in [1.165, 1.54) is 38.5 Å². The lowest BCUT2D eigenvalue weighted by atomic mass is 9.48. The van der Waals surface area contributed by atoms with E-state index in [0.717, 1.165) is 17.8 Å². The fourth-order valence-electron chi connectivity index (χ4n) is 6.48. The van der Waals surface area contributed by atoms with E-state index in [-0.39, 0.29) is 11.3 Å². The number of carbonyl (C=O) groups excluding carboxylic acids is 1. The largest absolute Gasteiger partial charge is 0.338 e. The summed E-state index contributed by atoms with van der Waals surface area (Å²) >= 11 is 0. The van der Waals surface area contributed by atoms with Gasteiger partial charge in [-0.3, -0.25) is 4.79 Å². The topological polar surface area (TPSA) is 20.3 Å². The molecular formula is C19H28NO. The number of nitrogens with zero attached hydrogens (tertiary/aromatic N) is 1.